The number of rotatable bonds is 7. The minimum atomic E-state index is -0.706. The lowest BCUT2D eigenvalue weighted by Gasteiger charge is -2.24. The molecule has 0 spiro atoms. The number of nitrogens with zero attached hydrogens (tertiary/aromatic N) is 3. The molecule has 0 aliphatic carbocycles. The minimum Gasteiger partial charge on any atom is -0.501 e. The SMILES string of the molecule is COc1cccc(CCC(=O)c2nc(C3CCCN3C(C)=O)n(C)c(=O)c2O)c1OC. The number of aromatic nitrogens is 2. The third-order valence-electron chi connectivity index (χ3n) is 5.63. The number of carbonyl (C=O) groups is 2. The van der Waals surface area contributed by atoms with E-state index in [0.29, 0.717) is 36.7 Å². The minimum absolute atomic E-state index is 0.0117. The van der Waals surface area contributed by atoms with Crippen LogP contribution in [-0.2, 0) is 18.3 Å². The molecule has 166 valence electrons. The summed E-state index contributed by atoms with van der Waals surface area (Å²) >= 11 is 0. The van der Waals surface area contributed by atoms with Crippen LogP contribution in [0.5, 0.6) is 17.2 Å². The Balaban J connectivity index is 1.91. The Morgan fingerprint density at radius 2 is 2.00 bits per heavy atom. The van der Waals surface area contributed by atoms with Crippen molar-refractivity contribution in [3.8, 4) is 17.2 Å². The van der Waals surface area contributed by atoms with Gasteiger partial charge in [0.25, 0.3) is 5.56 Å². The first-order valence-electron chi connectivity index (χ1n) is 10.1. The summed E-state index contributed by atoms with van der Waals surface area (Å²) in [6, 6.07) is 4.97. The summed E-state index contributed by atoms with van der Waals surface area (Å²) < 4.78 is 11.9. The summed E-state index contributed by atoms with van der Waals surface area (Å²) in [7, 11) is 4.53. The number of para-hydroxylation sites is 1. The van der Waals surface area contributed by atoms with E-state index in [1.807, 2.05) is 6.07 Å². The quantitative estimate of drug-likeness (QED) is 0.670. The maximum atomic E-state index is 12.9. The van der Waals surface area contributed by atoms with E-state index >= 15 is 0 Å². The molecule has 0 bridgehead atoms. The fourth-order valence-corrected chi connectivity index (χ4v) is 4.03. The molecule has 31 heavy (non-hydrogen) atoms. The average Bonchev–Trinajstić information content (AvgIpc) is 3.25. The van der Waals surface area contributed by atoms with Crippen molar-refractivity contribution in [3.63, 3.8) is 0 Å². The first-order chi connectivity index (χ1) is 14.8. The van der Waals surface area contributed by atoms with E-state index in [1.165, 1.54) is 32.8 Å². The van der Waals surface area contributed by atoms with Crippen LogP contribution in [0.25, 0.3) is 0 Å². The first kappa shape index (κ1) is 22.3. The lowest BCUT2D eigenvalue weighted by atomic mass is 10.0. The number of ketones is 1. The highest BCUT2D eigenvalue weighted by Crippen LogP contribution is 2.33. The number of aryl methyl sites for hydroxylation is 1. The molecule has 1 fully saturated rings. The molecule has 1 N–H and O–H groups in total. The normalized spacial score (nSPS) is 15.7. The molecule has 1 aromatic heterocycles. The topological polar surface area (TPSA) is 111 Å². The molecule has 1 amide bonds. The monoisotopic (exact) mass is 429 g/mol. The van der Waals surface area contributed by atoms with Gasteiger partial charge in [-0.25, -0.2) is 4.98 Å². The Labute approximate surface area is 180 Å². The summed E-state index contributed by atoms with van der Waals surface area (Å²) in [6.45, 7) is 2.03. The van der Waals surface area contributed by atoms with E-state index < -0.39 is 23.1 Å². The highest BCUT2D eigenvalue weighted by atomic mass is 16.5. The second-order valence-corrected chi connectivity index (χ2v) is 7.48. The Bertz CT molecular complexity index is 1060. The smallest absolute Gasteiger partial charge is 0.296 e. The van der Waals surface area contributed by atoms with Gasteiger partial charge in [0, 0.05) is 26.9 Å². The van der Waals surface area contributed by atoms with E-state index in [0.717, 1.165) is 12.0 Å². The number of benzene rings is 1. The van der Waals surface area contributed by atoms with Crippen LogP contribution in [0.1, 0.15) is 54.1 Å². The Morgan fingerprint density at radius 1 is 1.26 bits per heavy atom. The lowest BCUT2D eigenvalue weighted by Crippen LogP contribution is -2.34. The third kappa shape index (κ3) is 4.26. The molecule has 3 rings (SSSR count). The largest absolute Gasteiger partial charge is 0.501 e. The fourth-order valence-electron chi connectivity index (χ4n) is 4.03. The molecule has 0 radical (unpaired) electrons. The van der Waals surface area contributed by atoms with Gasteiger partial charge in [-0.05, 0) is 30.9 Å². The van der Waals surface area contributed by atoms with Gasteiger partial charge in [0.15, 0.2) is 23.0 Å². The van der Waals surface area contributed by atoms with Gasteiger partial charge in [-0.3, -0.25) is 19.0 Å². The summed E-state index contributed by atoms with van der Waals surface area (Å²) in [4.78, 5) is 43.4. The Morgan fingerprint density at radius 3 is 2.65 bits per heavy atom. The van der Waals surface area contributed by atoms with Gasteiger partial charge in [-0.2, -0.15) is 0 Å². The van der Waals surface area contributed by atoms with Crippen LogP contribution >= 0.6 is 0 Å². The zero-order chi connectivity index (χ0) is 22.7. The molecule has 1 aliphatic rings. The van der Waals surface area contributed by atoms with Crippen molar-refractivity contribution in [1.29, 1.82) is 0 Å². The van der Waals surface area contributed by atoms with Crippen LogP contribution in [0.15, 0.2) is 23.0 Å². The number of amides is 1. The number of hydrogen-bond donors (Lipinski definition) is 1. The van der Waals surface area contributed by atoms with E-state index in [-0.39, 0.29) is 18.0 Å². The average molecular weight is 429 g/mol. The zero-order valence-corrected chi connectivity index (χ0v) is 18.2. The molecule has 1 aliphatic heterocycles. The molecular weight excluding hydrogens is 402 g/mol. The van der Waals surface area contributed by atoms with Gasteiger partial charge in [0.2, 0.25) is 11.7 Å². The predicted octanol–water partition coefficient (Wildman–Crippen LogP) is 2.00. The Kier molecular flexibility index (Phi) is 6.62. The highest BCUT2D eigenvalue weighted by molar-refractivity contribution is 5.96. The van der Waals surface area contributed by atoms with Crippen LogP contribution in [-0.4, -0.2) is 52.0 Å². The van der Waals surface area contributed by atoms with Gasteiger partial charge in [0.05, 0.1) is 20.3 Å². The highest BCUT2D eigenvalue weighted by Gasteiger charge is 2.33. The van der Waals surface area contributed by atoms with Crippen molar-refractivity contribution < 1.29 is 24.2 Å². The fraction of sp³-hybridized carbons (Fsp3) is 0.455. The third-order valence-corrected chi connectivity index (χ3v) is 5.63. The van der Waals surface area contributed by atoms with Crippen LogP contribution in [0, 0.1) is 0 Å². The predicted molar refractivity (Wildman–Crippen MR) is 113 cm³/mol. The molecule has 9 heteroatoms. The maximum Gasteiger partial charge on any atom is 0.296 e. The van der Waals surface area contributed by atoms with E-state index in [9.17, 15) is 19.5 Å². The van der Waals surface area contributed by atoms with Crippen molar-refractivity contribution >= 4 is 11.7 Å². The van der Waals surface area contributed by atoms with Crippen LogP contribution in [0.3, 0.4) is 0 Å². The van der Waals surface area contributed by atoms with Gasteiger partial charge < -0.3 is 19.5 Å². The number of carbonyl (C=O) groups excluding carboxylic acids is 2. The van der Waals surface area contributed by atoms with Crippen molar-refractivity contribution in [1.82, 2.24) is 14.5 Å². The zero-order valence-electron chi connectivity index (χ0n) is 18.2. The van der Waals surface area contributed by atoms with Gasteiger partial charge in [-0.15, -0.1) is 0 Å². The molecule has 1 atom stereocenters. The van der Waals surface area contributed by atoms with Crippen molar-refractivity contribution in [3.05, 3.63) is 45.6 Å². The number of Topliss-reactive ketones (excluding diaryl/α,β-unsaturated/α-hetero) is 1. The van der Waals surface area contributed by atoms with Gasteiger partial charge in [0.1, 0.15) is 5.82 Å². The summed E-state index contributed by atoms with van der Waals surface area (Å²) in [6.07, 6.45) is 1.74. The summed E-state index contributed by atoms with van der Waals surface area (Å²) in [5, 5.41) is 10.3. The molecule has 2 heterocycles. The molecule has 9 nitrogen and oxygen atoms in total. The number of ether oxygens (including phenoxy) is 2. The van der Waals surface area contributed by atoms with Crippen molar-refractivity contribution in [2.45, 2.75) is 38.6 Å². The van der Waals surface area contributed by atoms with Crippen LogP contribution < -0.4 is 15.0 Å². The second kappa shape index (κ2) is 9.20. The summed E-state index contributed by atoms with van der Waals surface area (Å²) in [5.41, 5.74) is -0.213. The van der Waals surface area contributed by atoms with Gasteiger partial charge >= 0.3 is 0 Å². The van der Waals surface area contributed by atoms with Crippen molar-refractivity contribution in [2.24, 2.45) is 7.05 Å². The van der Waals surface area contributed by atoms with E-state index in [1.54, 1.807) is 17.0 Å². The molecule has 2 aromatic rings. The first-order valence-corrected chi connectivity index (χ1v) is 10.1. The standard InChI is InChI=1S/C22H27N3O6/c1-13(26)25-12-6-8-15(25)21-23-18(19(28)22(29)24(21)2)16(27)11-10-14-7-5-9-17(30-3)20(14)31-4/h5,7,9,15,28H,6,8,10-12H2,1-4H3. The summed E-state index contributed by atoms with van der Waals surface area (Å²) in [5.74, 6) is 0.119. The van der Waals surface area contributed by atoms with E-state index in [2.05, 4.69) is 4.98 Å². The van der Waals surface area contributed by atoms with E-state index in [4.69, 9.17) is 9.47 Å². The maximum absolute atomic E-state index is 12.9. The number of methoxy groups -OCH3 is 2. The number of likely N-dealkylation sites (tertiary alicyclic amines) is 1. The molecule has 0 saturated carbocycles. The van der Waals surface area contributed by atoms with Crippen molar-refractivity contribution in [2.75, 3.05) is 20.8 Å². The van der Waals surface area contributed by atoms with Crippen LogP contribution in [0.2, 0.25) is 0 Å². The van der Waals surface area contributed by atoms with Crippen LogP contribution in [0.4, 0.5) is 0 Å². The number of aromatic hydroxyl groups is 1. The number of hydrogen-bond acceptors (Lipinski definition) is 7. The molecular formula is C22H27N3O6. The molecule has 1 unspecified atom stereocenters. The lowest BCUT2D eigenvalue weighted by molar-refractivity contribution is -0.129. The Hall–Kier alpha value is -3.36. The molecule has 1 saturated heterocycles. The molecule has 1 aromatic carbocycles. The second-order valence-electron chi connectivity index (χ2n) is 7.48. The van der Waals surface area contributed by atoms with Gasteiger partial charge in [-0.1, -0.05) is 12.1 Å².